The predicted octanol–water partition coefficient (Wildman–Crippen LogP) is 6.70. The molecule has 0 aliphatic rings. The molecule has 0 bridgehead atoms. The molecule has 0 spiro atoms. The van der Waals surface area contributed by atoms with Crippen molar-refractivity contribution in [3.8, 4) is 0 Å². The molecule has 0 fully saturated rings. The van der Waals surface area contributed by atoms with Gasteiger partial charge in [-0.3, -0.25) is 0 Å². The van der Waals surface area contributed by atoms with Gasteiger partial charge in [-0.2, -0.15) is 0 Å². The van der Waals surface area contributed by atoms with Gasteiger partial charge in [0.2, 0.25) is 0 Å². The first kappa shape index (κ1) is 31.8. The van der Waals surface area contributed by atoms with Gasteiger partial charge in [0.1, 0.15) is 0 Å². The molecule has 0 aromatic heterocycles. The summed E-state index contributed by atoms with van der Waals surface area (Å²) in [7, 11) is -5.39. The fourth-order valence-corrected chi connectivity index (χ4v) is 20.1. The van der Waals surface area contributed by atoms with E-state index in [2.05, 4.69) is 58.9 Å². The Kier molecular flexibility index (Phi) is 14.0. The highest BCUT2D eigenvalue weighted by atomic mass is 28.5. The van der Waals surface area contributed by atoms with E-state index < -0.39 is 42.6 Å². The second-order valence-electron chi connectivity index (χ2n) is 11.2. The summed E-state index contributed by atoms with van der Waals surface area (Å²) in [4.78, 5) is 0. The molecule has 0 aliphatic heterocycles. The molecule has 188 valence electrons. The van der Waals surface area contributed by atoms with Crippen molar-refractivity contribution in [1.82, 2.24) is 0 Å². The molecule has 0 rings (SSSR count). The van der Waals surface area contributed by atoms with E-state index in [0.717, 1.165) is 24.9 Å². The van der Waals surface area contributed by atoms with Gasteiger partial charge in [0.05, 0.1) is 0 Å². The Morgan fingerprint density at radius 1 is 0.387 bits per heavy atom. The predicted molar refractivity (Wildman–Crippen MR) is 143 cm³/mol. The first-order valence-corrected chi connectivity index (χ1v) is 25.9. The van der Waals surface area contributed by atoms with Crippen LogP contribution in [-0.2, 0) is 25.6 Å². The molecule has 0 saturated carbocycles. The van der Waals surface area contributed by atoms with Gasteiger partial charge < -0.3 is 25.6 Å². The highest BCUT2D eigenvalue weighted by Gasteiger charge is 2.49. The van der Waals surface area contributed by atoms with E-state index >= 15 is 0 Å². The van der Waals surface area contributed by atoms with Crippen molar-refractivity contribution >= 4 is 42.6 Å². The Bertz CT molecular complexity index is 435. The van der Waals surface area contributed by atoms with E-state index in [1.165, 1.54) is 25.7 Å². The summed E-state index contributed by atoms with van der Waals surface area (Å²) < 4.78 is 36.8. The molecule has 0 N–H and O–H groups in total. The summed E-state index contributed by atoms with van der Waals surface area (Å²) >= 11 is 0. The van der Waals surface area contributed by atoms with Crippen molar-refractivity contribution in [3.05, 3.63) is 0 Å². The molecular weight excluding hydrogens is 477 g/mol. The third-order valence-corrected chi connectivity index (χ3v) is 19.4. The van der Waals surface area contributed by atoms with Crippen LogP contribution in [-0.4, -0.2) is 63.9 Å². The lowest BCUT2D eigenvalue weighted by Gasteiger charge is -2.43. The SMILES string of the molecule is CO[Si](CCCCCCCC[Si](O[Si](C)(C)C)(O[Si](C)(C)C)O[Si](C)(C)C)(OC)OC. The second-order valence-corrected chi connectivity index (χ2v) is 31.3. The van der Waals surface area contributed by atoms with Gasteiger partial charge in [-0.25, -0.2) is 0 Å². The number of hydrogen-bond donors (Lipinski definition) is 0. The van der Waals surface area contributed by atoms with Crippen LogP contribution in [0.2, 0.25) is 71.0 Å². The van der Waals surface area contributed by atoms with E-state index in [9.17, 15) is 0 Å². The fourth-order valence-electron chi connectivity index (χ4n) is 3.56. The average Bonchev–Trinajstić information content (AvgIpc) is 2.56. The second kappa shape index (κ2) is 13.7. The van der Waals surface area contributed by atoms with Crippen molar-refractivity contribution in [1.29, 1.82) is 0 Å². The molecule has 0 radical (unpaired) electrons. The average molecular weight is 529 g/mol. The summed E-state index contributed by atoms with van der Waals surface area (Å²) in [6.45, 7) is 20.2. The molecule has 0 heterocycles. The summed E-state index contributed by atoms with van der Waals surface area (Å²) in [5, 5.41) is 0. The molecule has 0 amide bonds. The third kappa shape index (κ3) is 15.4. The highest BCUT2D eigenvalue weighted by molar-refractivity contribution is 6.90. The monoisotopic (exact) mass is 528 g/mol. The van der Waals surface area contributed by atoms with Gasteiger partial charge in [-0.15, -0.1) is 0 Å². The molecular formula is C20H52O6Si5. The molecule has 0 aliphatic carbocycles. The van der Waals surface area contributed by atoms with E-state index in [-0.39, 0.29) is 0 Å². The van der Waals surface area contributed by atoms with Crippen LogP contribution in [0.15, 0.2) is 0 Å². The van der Waals surface area contributed by atoms with Gasteiger partial charge in [0.25, 0.3) is 0 Å². The third-order valence-electron chi connectivity index (χ3n) is 4.53. The Morgan fingerprint density at radius 2 is 0.645 bits per heavy atom. The fraction of sp³-hybridized carbons (Fsp3) is 1.00. The van der Waals surface area contributed by atoms with Crippen LogP contribution in [0.5, 0.6) is 0 Å². The zero-order valence-electron chi connectivity index (χ0n) is 22.6. The largest absolute Gasteiger partial charge is 0.500 e. The lowest BCUT2D eigenvalue weighted by molar-refractivity contribution is 0.122. The molecule has 11 heteroatoms. The van der Waals surface area contributed by atoms with Crippen LogP contribution < -0.4 is 0 Å². The summed E-state index contributed by atoms with van der Waals surface area (Å²) in [5.41, 5.74) is 0. The minimum atomic E-state index is -2.68. The van der Waals surface area contributed by atoms with Gasteiger partial charge >= 0.3 is 17.6 Å². The van der Waals surface area contributed by atoms with Crippen LogP contribution in [0.1, 0.15) is 38.5 Å². The summed E-state index contributed by atoms with van der Waals surface area (Å²) in [6.07, 6.45) is 6.99. The van der Waals surface area contributed by atoms with Crippen LogP contribution in [0, 0.1) is 0 Å². The van der Waals surface area contributed by atoms with E-state index in [1.54, 1.807) is 21.3 Å². The lowest BCUT2D eigenvalue weighted by atomic mass is 10.1. The smallest absolute Gasteiger partial charge is 0.417 e. The molecule has 31 heavy (non-hydrogen) atoms. The Labute approximate surface area is 198 Å². The Balaban J connectivity index is 4.76. The number of unbranched alkanes of at least 4 members (excludes halogenated alkanes) is 5. The lowest BCUT2D eigenvalue weighted by Crippen LogP contribution is -2.60. The van der Waals surface area contributed by atoms with Gasteiger partial charge in [0.15, 0.2) is 25.0 Å². The minimum Gasteiger partial charge on any atom is -0.417 e. The van der Waals surface area contributed by atoms with Crippen LogP contribution >= 0.6 is 0 Å². The zero-order chi connectivity index (χ0) is 24.4. The number of hydrogen-bond acceptors (Lipinski definition) is 6. The maximum absolute atomic E-state index is 6.76. The molecule has 6 nitrogen and oxygen atoms in total. The van der Waals surface area contributed by atoms with Crippen molar-refractivity contribution in [2.75, 3.05) is 21.3 Å². The maximum Gasteiger partial charge on any atom is 0.500 e. The molecule has 0 aromatic carbocycles. The van der Waals surface area contributed by atoms with Gasteiger partial charge in [0, 0.05) is 33.4 Å². The Hall–Kier alpha value is 0.844. The van der Waals surface area contributed by atoms with Crippen molar-refractivity contribution < 1.29 is 25.6 Å². The van der Waals surface area contributed by atoms with Crippen molar-refractivity contribution in [3.63, 3.8) is 0 Å². The van der Waals surface area contributed by atoms with E-state index in [4.69, 9.17) is 25.6 Å². The zero-order valence-corrected chi connectivity index (χ0v) is 27.6. The molecule has 0 atom stereocenters. The normalized spacial score (nSPS) is 14.3. The Morgan fingerprint density at radius 3 is 0.903 bits per heavy atom. The summed E-state index contributed by atoms with van der Waals surface area (Å²) in [5.74, 6) is 0. The highest BCUT2D eigenvalue weighted by Crippen LogP contribution is 2.30. The minimum absolute atomic E-state index is 0.880. The van der Waals surface area contributed by atoms with Gasteiger partial charge in [-0.05, 0) is 71.8 Å². The quantitative estimate of drug-likeness (QED) is 0.146. The van der Waals surface area contributed by atoms with Gasteiger partial charge in [-0.1, -0.05) is 25.7 Å². The van der Waals surface area contributed by atoms with Crippen molar-refractivity contribution in [2.45, 2.75) is 110 Å². The van der Waals surface area contributed by atoms with Crippen LogP contribution in [0.4, 0.5) is 0 Å². The van der Waals surface area contributed by atoms with Crippen molar-refractivity contribution in [2.24, 2.45) is 0 Å². The first-order chi connectivity index (χ1) is 14.0. The van der Waals surface area contributed by atoms with Crippen LogP contribution in [0.3, 0.4) is 0 Å². The van der Waals surface area contributed by atoms with Crippen LogP contribution in [0.25, 0.3) is 0 Å². The molecule has 0 unspecified atom stereocenters. The van der Waals surface area contributed by atoms with E-state index in [0.29, 0.717) is 0 Å². The summed E-state index contributed by atoms with van der Waals surface area (Å²) in [6, 6.07) is 1.82. The standard InChI is InChI=1S/C20H52O6Si5/c1-21-30(22-2,23-3)19-17-15-13-14-16-18-20-31(24-27(4,5)6,25-28(7,8)9)26-29(10,11)12/h13-20H2,1-12H3. The molecule has 0 saturated heterocycles. The topological polar surface area (TPSA) is 55.4 Å². The maximum atomic E-state index is 6.76. The first-order valence-electron chi connectivity index (χ1n) is 11.8. The molecule has 0 aromatic rings. The van der Waals surface area contributed by atoms with E-state index in [1.807, 2.05) is 0 Å². The number of rotatable bonds is 18.